The number of carboxylic acid groups (broad SMARTS) is 1. The predicted molar refractivity (Wildman–Crippen MR) is 137 cm³/mol. The van der Waals surface area contributed by atoms with Gasteiger partial charge in [-0.1, -0.05) is 50.6 Å². The topological polar surface area (TPSA) is 215 Å². The average Bonchev–Trinajstić information content (AvgIpc) is 2.83. The van der Waals surface area contributed by atoms with Crippen LogP contribution in [0.4, 0.5) is 0 Å². The van der Waals surface area contributed by atoms with E-state index in [1.54, 1.807) is 37.3 Å². The van der Waals surface area contributed by atoms with Gasteiger partial charge in [-0.05, 0) is 31.2 Å². The van der Waals surface area contributed by atoms with Crippen molar-refractivity contribution in [2.75, 3.05) is 6.54 Å². The van der Waals surface area contributed by atoms with E-state index in [0.29, 0.717) is 12.8 Å². The summed E-state index contributed by atoms with van der Waals surface area (Å²) >= 11 is 0. The molecule has 3 amide bonds. The van der Waals surface area contributed by atoms with Crippen molar-refractivity contribution >= 4 is 29.7 Å². The zero-order valence-electron chi connectivity index (χ0n) is 21.1. The van der Waals surface area contributed by atoms with Gasteiger partial charge in [0.15, 0.2) is 5.96 Å². The van der Waals surface area contributed by atoms with E-state index < -0.39 is 47.9 Å². The Morgan fingerprint density at radius 1 is 0.944 bits per heavy atom. The Bertz CT molecular complexity index is 903. The Morgan fingerprint density at radius 2 is 1.56 bits per heavy atom. The molecule has 1 aromatic carbocycles. The fourth-order valence-corrected chi connectivity index (χ4v) is 3.34. The molecule has 200 valence electrons. The van der Waals surface area contributed by atoms with Crippen molar-refractivity contribution in [3.05, 3.63) is 35.9 Å². The number of amides is 3. The van der Waals surface area contributed by atoms with Gasteiger partial charge in [0.2, 0.25) is 17.7 Å². The van der Waals surface area contributed by atoms with Crippen molar-refractivity contribution < 1.29 is 24.3 Å². The van der Waals surface area contributed by atoms with Crippen LogP contribution in [0.25, 0.3) is 0 Å². The number of rotatable bonds is 15. The Labute approximate surface area is 211 Å². The number of aliphatic carboxylic acids is 1. The molecule has 0 bridgehead atoms. The van der Waals surface area contributed by atoms with Gasteiger partial charge in [-0.25, -0.2) is 4.79 Å². The number of carbonyl (C=O) groups excluding carboxylic acids is 3. The standard InChI is InChI=1S/C24H39N7O5/c1-4-14(2)19(31-20(32)15(3)25)22(34)29-17(11-8-12-28-24(26)27)21(33)30-18(23(35)36)13-16-9-6-5-7-10-16/h5-7,9-10,14-15,17-19H,4,8,11-13,25H2,1-3H3,(H,29,34)(H,30,33)(H,31,32)(H,35,36)(H4,26,27,28). The molecule has 0 aliphatic rings. The molecule has 0 aliphatic heterocycles. The second-order valence-electron chi connectivity index (χ2n) is 8.76. The number of hydrogen-bond donors (Lipinski definition) is 7. The highest BCUT2D eigenvalue weighted by molar-refractivity contribution is 5.94. The van der Waals surface area contributed by atoms with E-state index in [9.17, 15) is 24.3 Å². The molecule has 1 rings (SSSR count). The Balaban J connectivity index is 3.06. The summed E-state index contributed by atoms with van der Waals surface area (Å²) in [5.41, 5.74) is 17.1. The molecule has 0 aromatic heterocycles. The zero-order chi connectivity index (χ0) is 27.3. The van der Waals surface area contributed by atoms with Gasteiger partial charge in [-0.15, -0.1) is 0 Å². The lowest BCUT2D eigenvalue weighted by molar-refractivity contribution is -0.142. The smallest absolute Gasteiger partial charge is 0.326 e. The number of guanidine groups is 1. The summed E-state index contributed by atoms with van der Waals surface area (Å²) in [6.45, 7) is 5.37. The molecule has 36 heavy (non-hydrogen) atoms. The van der Waals surface area contributed by atoms with Crippen LogP contribution >= 0.6 is 0 Å². The van der Waals surface area contributed by atoms with Crippen LogP contribution in [-0.4, -0.2) is 65.5 Å². The number of nitrogens with zero attached hydrogens (tertiary/aromatic N) is 1. The molecule has 12 nitrogen and oxygen atoms in total. The van der Waals surface area contributed by atoms with Gasteiger partial charge in [0.25, 0.3) is 0 Å². The molecule has 0 radical (unpaired) electrons. The summed E-state index contributed by atoms with van der Waals surface area (Å²) in [5, 5.41) is 17.5. The predicted octanol–water partition coefficient (Wildman–Crippen LogP) is -0.785. The molecule has 0 saturated heterocycles. The summed E-state index contributed by atoms with van der Waals surface area (Å²) in [6.07, 6.45) is 1.13. The zero-order valence-corrected chi connectivity index (χ0v) is 21.1. The number of nitrogens with two attached hydrogens (primary N) is 3. The van der Waals surface area contributed by atoms with Crippen molar-refractivity contribution in [1.82, 2.24) is 16.0 Å². The van der Waals surface area contributed by atoms with Crippen molar-refractivity contribution in [2.45, 2.75) is 70.6 Å². The third-order valence-corrected chi connectivity index (χ3v) is 5.68. The number of nitrogens with one attached hydrogen (secondary N) is 3. The highest BCUT2D eigenvalue weighted by Gasteiger charge is 2.32. The van der Waals surface area contributed by atoms with Crippen LogP contribution < -0.4 is 33.2 Å². The SMILES string of the molecule is CCC(C)C(NC(=O)C(C)N)C(=O)NC(CCCN=C(N)N)C(=O)NC(Cc1ccccc1)C(=O)O. The van der Waals surface area contributed by atoms with Gasteiger partial charge in [0.1, 0.15) is 18.1 Å². The van der Waals surface area contributed by atoms with Crippen molar-refractivity contribution in [1.29, 1.82) is 0 Å². The maximum absolute atomic E-state index is 13.1. The quantitative estimate of drug-likeness (QED) is 0.0908. The van der Waals surface area contributed by atoms with Crippen LogP contribution in [0, 0.1) is 5.92 Å². The Kier molecular flexibility index (Phi) is 12.9. The molecular formula is C24H39N7O5. The van der Waals surface area contributed by atoms with Crippen LogP contribution in [0.1, 0.15) is 45.6 Å². The molecule has 12 heteroatoms. The van der Waals surface area contributed by atoms with Gasteiger partial charge in [0.05, 0.1) is 6.04 Å². The molecule has 5 atom stereocenters. The van der Waals surface area contributed by atoms with Gasteiger partial charge < -0.3 is 38.3 Å². The van der Waals surface area contributed by atoms with Crippen LogP contribution in [0.2, 0.25) is 0 Å². The lowest BCUT2D eigenvalue weighted by atomic mass is 9.97. The molecule has 0 spiro atoms. The first kappa shape index (κ1) is 30.4. The monoisotopic (exact) mass is 505 g/mol. The number of hydrogen-bond acceptors (Lipinski definition) is 6. The van der Waals surface area contributed by atoms with Gasteiger partial charge in [0, 0.05) is 13.0 Å². The minimum absolute atomic E-state index is 0.0660. The maximum atomic E-state index is 13.1. The summed E-state index contributed by atoms with van der Waals surface area (Å²) < 4.78 is 0. The van der Waals surface area contributed by atoms with Crippen molar-refractivity contribution in [3.63, 3.8) is 0 Å². The molecule has 1 aromatic rings. The van der Waals surface area contributed by atoms with Crippen LogP contribution in [0.15, 0.2) is 35.3 Å². The van der Waals surface area contributed by atoms with E-state index in [2.05, 4.69) is 20.9 Å². The lowest BCUT2D eigenvalue weighted by Crippen LogP contribution is -2.58. The summed E-state index contributed by atoms with van der Waals surface area (Å²) in [4.78, 5) is 54.1. The first-order valence-electron chi connectivity index (χ1n) is 11.9. The number of benzene rings is 1. The second kappa shape index (κ2) is 15.4. The summed E-state index contributed by atoms with van der Waals surface area (Å²) in [5.74, 6) is -3.31. The minimum Gasteiger partial charge on any atom is -0.480 e. The molecule has 10 N–H and O–H groups in total. The lowest BCUT2D eigenvalue weighted by Gasteiger charge is -2.27. The van der Waals surface area contributed by atoms with Crippen molar-refractivity contribution in [2.24, 2.45) is 28.1 Å². The van der Waals surface area contributed by atoms with Gasteiger partial charge in [-0.2, -0.15) is 0 Å². The van der Waals surface area contributed by atoms with Crippen LogP contribution in [0.5, 0.6) is 0 Å². The van der Waals surface area contributed by atoms with E-state index in [-0.39, 0.29) is 31.3 Å². The fourth-order valence-electron chi connectivity index (χ4n) is 3.34. The first-order valence-corrected chi connectivity index (χ1v) is 11.9. The largest absolute Gasteiger partial charge is 0.480 e. The Hall–Kier alpha value is -3.67. The van der Waals surface area contributed by atoms with E-state index in [0.717, 1.165) is 5.56 Å². The second-order valence-corrected chi connectivity index (χ2v) is 8.76. The van der Waals surface area contributed by atoms with Crippen LogP contribution in [-0.2, 0) is 25.6 Å². The third kappa shape index (κ3) is 10.7. The molecule has 0 aliphatic carbocycles. The van der Waals surface area contributed by atoms with E-state index in [1.807, 2.05) is 6.92 Å². The van der Waals surface area contributed by atoms with Gasteiger partial charge >= 0.3 is 5.97 Å². The first-order chi connectivity index (χ1) is 17.0. The highest BCUT2D eigenvalue weighted by atomic mass is 16.4. The summed E-state index contributed by atoms with van der Waals surface area (Å²) in [6, 6.07) is 4.82. The molecular weight excluding hydrogens is 466 g/mol. The highest BCUT2D eigenvalue weighted by Crippen LogP contribution is 2.11. The molecule has 0 fully saturated rings. The number of aliphatic imine (C=N–C) groups is 1. The molecule has 5 unspecified atom stereocenters. The molecule has 0 heterocycles. The van der Waals surface area contributed by atoms with E-state index >= 15 is 0 Å². The third-order valence-electron chi connectivity index (χ3n) is 5.68. The normalized spacial score (nSPS) is 14.9. The number of carboxylic acids is 1. The Morgan fingerprint density at radius 3 is 2.08 bits per heavy atom. The van der Waals surface area contributed by atoms with Crippen LogP contribution in [0.3, 0.4) is 0 Å². The maximum Gasteiger partial charge on any atom is 0.326 e. The van der Waals surface area contributed by atoms with E-state index in [4.69, 9.17) is 17.2 Å². The number of carbonyl (C=O) groups is 4. The van der Waals surface area contributed by atoms with Crippen molar-refractivity contribution in [3.8, 4) is 0 Å². The summed E-state index contributed by atoms with van der Waals surface area (Å²) in [7, 11) is 0. The fraction of sp³-hybridized carbons (Fsp3) is 0.542. The van der Waals surface area contributed by atoms with Gasteiger partial charge in [-0.3, -0.25) is 19.4 Å². The average molecular weight is 506 g/mol. The molecule has 0 saturated carbocycles. The van der Waals surface area contributed by atoms with E-state index in [1.165, 1.54) is 6.92 Å². The minimum atomic E-state index is -1.21.